The van der Waals surface area contributed by atoms with Gasteiger partial charge in [0.15, 0.2) is 0 Å². The van der Waals surface area contributed by atoms with E-state index in [9.17, 15) is 9.90 Å². The van der Waals surface area contributed by atoms with Crippen molar-refractivity contribution in [2.24, 2.45) is 17.6 Å². The van der Waals surface area contributed by atoms with Crippen molar-refractivity contribution in [2.75, 3.05) is 27.2 Å². The van der Waals surface area contributed by atoms with Crippen molar-refractivity contribution in [3.8, 4) is 5.75 Å². The van der Waals surface area contributed by atoms with Gasteiger partial charge in [-0.3, -0.25) is 4.79 Å². The SMILES string of the molecule is CO[C@]1(c2cc(O)cc(C(N)=O)c2)[C@@H]2CCC[C@H]1CN(C)C2.Cl. The normalized spacial score (nSPS) is 30.5. The molecular formula is C17H25ClN2O3. The number of phenols is 1. The van der Waals surface area contributed by atoms with Crippen LogP contribution >= 0.6 is 12.4 Å². The molecule has 0 unspecified atom stereocenters. The molecule has 0 radical (unpaired) electrons. The van der Waals surface area contributed by atoms with Crippen molar-refractivity contribution < 1.29 is 14.6 Å². The highest BCUT2D eigenvalue weighted by molar-refractivity contribution is 5.93. The van der Waals surface area contributed by atoms with Gasteiger partial charge in [0.1, 0.15) is 11.4 Å². The molecule has 1 heterocycles. The van der Waals surface area contributed by atoms with Crippen molar-refractivity contribution in [1.29, 1.82) is 0 Å². The van der Waals surface area contributed by atoms with E-state index in [1.54, 1.807) is 19.2 Å². The number of halogens is 1. The van der Waals surface area contributed by atoms with Gasteiger partial charge in [0.05, 0.1) is 0 Å². The number of rotatable bonds is 3. The molecule has 3 N–H and O–H groups in total. The fourth-order valence-electron chi connectivity index (χ4n) is 4.56. The Balaban J connectivity index is 0.00000192. The van der Waals surface area contributed by atoms with Gasteiger partial charge in [-0.15, -0.1) is 12.4 Å². The van der Waals surface area contributed by atoms with Crippen LogP contribution in [-0.4, -0.2) is 43.2 Å². The summed E-state index contributed by atoms with van der Waals surface area (Å²) in [5.41, 5.74) is 6.19. The lowest BCUT2D eigenvalue weighted by atomic mass is 9.62. The molecule has 3 rings (SSSR count). The van der Waals surface area contributed by atoms with Crippen LogP contribution in [-0.2, 0) is 10.3 Å². The van der Waals surface area contributed by atoms with Gasteiger partial charge in [0.2, 0.25) is 5.91 Å². The number of hydrogen-bond acceptors (Lipinski definition) is 4. The number of benzene rings is 1. The van der Waals surface area contributed by atoms with E-state index in [1.165, 1.54) is 12.5 Å². The molecule has 0 aromatic heterocycles. The number of methoxy groups -OCH3 is 1. The van der Waals surface area contributed by atoms with E-state index < -0.39 is 11.5 Å². The number of nitrogens with two attached hydrogens (primary N) is 1. The first-order valence-electron chi connectivity index (χ1n) is 7.85. The zero-order valence-corrected chi connectivity index (χ0v) is 14.4. The minimum absolute atomic E-state index is 0. The predicted octanol–water partition coefficient (Wildman–Crippen LogP) is 2.12. The standard InChI is InChI=1S/C17H24N2O3.ClH/c1-19-9-12-4-3-5-13(10-19)17(12,22-2)14-6-11(16(18)21)7-15(20)8-14;/h6-8,12-13,20H,3-5,9-10H2,1-2H3,(H2,18,21);1H/t12-,13+,17-;. The molecule has 1 saturated heterocycles. The molecule has 1 aromatic carbocycles. The second-order valence-corrected chi connectivity index (χ2v) is 6.68. The highest BCUT2D eigenvalue weighted by Gasteiger charge is 2.52. The summed E-state index contributed by atoms with van der Waals surface area (Å²) in [6.07, 6.45) is 3.39. The fraction of sp³-hybridized carbons (Fsp3) is 0.588. The van der Waals surface area contributed by atoms with Crippen LogP contribution < -0.4 is 5.73 Å². The third kappa shape index (κ3) is 2.93. The maximum absolute atomic E-state index is 11.5. The fourth-order valence-corrected chi connectivity index (χ4v) is 4.56. The average molecular weight is 341 g/mol. The predicted molar refractivity (Wildman–Crippen MR) is 90.9 cm³/mol. The minimum atomic E-state index is -0.526. The Morgan fingerprint density at radius 3 is 2.43 bits per heavy atom. The maximum Gasteiger partial charge on any atom is 0.248 e. The quantitative estimate of drug-likeness (QED) is 0.883. The Morgan fingerprint density at radius 2 is 1.91 bits per heavy atom. The number of likely N-dealkylation sites (tertiary alicyclic amines) is 1. The zero-order valence-electron chi connectivity index (χ0n) is 13.6. The van der Waals surface area contributed by atoms with E-state index in [4.69, 9.17) is 10.5 Å². The number of piperidine rings is 1. The largest absolute Gasteiger partial charge is 0.508 e. The van der Waals surface area contributed by atoms with Crippen molar-refractivity contribution >= 4 is 18.3 Å². The summed E-state index contributed by atoms with van der Waals surface area (Å²) in [6, 6.07) is 4.94. The number of nitrogens with zero attached hydrogens (tertiary/aromatic N) is 1. The van der Waals surface area contributed by atoms with Crippen LogP contribution in [0.5, 0.6) is 5.75 Å². The van der Waals surface area contributed by atoms with Crippen molar-refractivity contribution in [3.63, 3.8) is 0 Å². The van der Waals surface area contributed by atoms with Gasteiger partial charge >= 0.3 is 0 Å². The third-order valence-electron chi connectivity index (χ3n) is 5.37. The Bertz CT molecular complexity index is 579. The summed E-state index contributed by atoms with van der Waals surface area (Å²) in [5.74, 6) is 0.260. The summed E-state index contributed by atoms with van der Waals surface area (Å²) >= 11 is 0. The van der Waals surface area contributed by atoms with Crippen LogP contribution in [0.15, 0.2) is 18.2 Å². The van der Waals surface area contributed by atoms with Crippen LogP contribution in [0.4, 0.5) is 0 Å². The molecule has 1 amide bonds. The van der Waals surface area contributed by atoms with Crippen molar-refractivity contribution in [3.05, 3.63) is 29.3 Å². The average Bonchev–Trinajstić information content (AvgIpc) is 2.45. The smallest absolute Gasteiger partial charge is 0.248 e. The molecule has 128 valence electrons. The molecule has 2 fully saturated rings. The van der Waals surface area contributed by atoms with Crippen LogP contribution in [0.2, 0.25) is 0 Å². The minimum Gasteiger partial charge on any atom is -0.508 e. The van der Waals surface area contributed by atoms with Gasteiger partial charge in [-0.2, -0.15) is 0 Å². The molecule has 1 saturated carbocycles. The molecule has 3 atom stereocenters. The van der Waals surface area contributed by atoms with Gasteiger partial charge in [0.25, 0.3) is 0 Å². The van der Waals surface area contributed by atoms with Crippen LogP contribution in [0, 0.1) is 11.8 Å². The first-order valence-corrected chi connectivity index (χ1v) is 7.85. The molecule has 6 heteroatoms. The second kappa shape index (κ2) is 6.67. The number of hydrogen-bond donors (Lipinski definition) is 2. The molecule has 1 aliphatic carbocycles. The summed E-state index contributed by atoms with van der Waals surface area (Å²) in [6.45, 7) is 1.93. The van der Waals surface area contributed by atoms with Crippen LogP contribution in [0.25, 0.3) is 0 Å². The summed E-state index contributed by atoms with van der Waals surface area (Å²) in [7, 11) is 3.88. The number of amides is 1. The van der Waals surface area contributed by atoms with Gasteiger partial charge in [-0.25, -0.2) is 0 Å². The zero-order chi connectivity index (χ0) is 15.9. The van der Waals surface area contributed by atoms with E-state index >= 15 is 0 Å². The molecule has 2 bridgehead atoms. The number of primary amides is 1. The van der Waals surface area contributed by atoms with Crippen LogP contribution in [0.3, 0.4) is 0 Å². The highest BCUT2D eigenvalue weighted by Crippen LogP contribution is 2.51. The Morgan fingerprint density at radius 1 is 1.30 bits per heavy atom. The third-order valence-corrected chi connectivity index (χ3v) is 5.37. The first-order chi connectivity index (χ1) is 10.5. The monoisotopic (exact) mass is 340 g/mol. The lowest BCUT2D eigenvalue weighted by molar-refractivity contribution is -0.165. The van der Waals surface area contributed by atoms with Crippen molar-refractivity contribution in [2.45, 2.75) is 24.9 Å². The van der Waals surface area contributed by atoms with Crippen molar-refractivity contribution in [1.82, 2.24) is 4.90 Å². The number of ether oxygens (including phenoxy) is 1. The van der Waals surface area contributed by atoms with E-state index in [0.717, 1.165) is 31.5 Å². The Kier molecular flexibility index (Phi) is 5.23. The molecule has 23 heavy (non-hydrogen) atoms. The number of carbonyl (C=O) groups excluding carboxylic acids is 1. The van der Waals surface area contributed by atoms with E-state index in [2.05, 4.69) is 11.9 Å². The Hall–Kier alpha value is -1.30. The van der Waals surface area contributed by atoms with Gasteiger partial charge < -0.3 is 20.5 Å². The summed E-state index contributed by atoms with van der Waals surface area (Å²) in [4.78, 5) is 13.9. The number of carbonyl (C=O) groups is 1. The molecule has 1 aliphatic heterocycles. The summed E-state index contributed by atoms with van der Waals surface area (Å²) in [5, 5.41) is 10.0. The van der Waals surface area contributed by atoms with E-state index in [1.807, 2.05) is 0 Å². The maximum atomic E-state index is 11.5. The molecule has 5 nitrogen and oxygen atoms in total. The van der Waals surface area contributed by atoms with Gasteiger partial charge in [-0.05, 0) is 43.7 Å². The van der Waals surface area contributed by atoms with E-state index in [-0.39, 0.29) is 18.2 Å². The van der Waals surface area contributed by atoms with Crippen LogP contribution in [0.1, 0.15) is 35.2 Å². The van der Waals surface area contributed by atoms with E-state index in [0.29, 0.717) is 17.4 Å². The van der Waals surface area contributed by atoms with Gasteiger partial charge in [-0.1, -0.05) is 6.42 Å². The number of phenolic OH excluding ortho intramolecular Hbond substituents is 1. The summed E-state index contributed by atoms with van der Waals surface area (Å²) < 4.78 is 6.08. The topological polar surface area (TPSA) is 75.8 Å². The first kappa shape index (κ1) is 18.0. The van der Waals surface area contributed by atoms with Gasteiger partial charge in [0, 0.05) is 37.6 Å². The molecular weight excluding hydrogens is 316 g/mol. The highest BCUT2D eigenvalue weighted by atomic mass is 35.5. The molecule has 0 spiro atoms. The second-order valence-electron chi connectivity index (χ2n) is 6.68. The lowest BCUT2D eigenvalue weighted by Crippen LogP contribution is -2.58. The number of fused-ring (bicyclic) bond motifs is 2. The molecule has 2 aliphatic rings. The molecule has 1 aromatic rings. The Labute approximate surface area is 143 Å². The lowest BCUT2D eigenvalue weighted by Gasteiger charge is -2.54. The number of aromatic hydroxyl groups is 1.